The minimum absolute atomic E-state index is 0.0112. The van der Waals surface area contributed by atoms with Crippen molar-refractivity contribution in [2.45, 2.75) is 13.1 Å². The van der Waals surface area contributed by atoms with E-state index in [0.717, 1.165) is 15.7 Å². The SMILES string of the molecule is COc1ccc(Cn2c(NCOc3cccnc3)nc(=O)n(Cc3ccc(OC)cc3)c2=O)cc1. The minimum atomic E-state index is -0.666. The van der Waals surface area contributed by atoms with E-state index in [2.05, 4.69) is 15.3 Å². The summed E-state index contributed by atoms with van der Waals surface area (Å²) in [4.78, 5) is 34.4. The van der Waals surface area contributed by atoms with Crippen LogP contribution in [-0.4, -0.2) is 40.1 Å². The van der Waals surface area contributed by atoms with E-state index in [9.17, 15) is 9.59 Å². The van der Waals surface area contributed by atoms with E-state index in [4.69, 9.17) is 14.2 Å². The van der Waals surface area contributed by atoms with E-state index in [0.29, 0.717) is 17.2 Å². The van der Waals surface area contributed by atoms with Gasteiger partial charge in [-0.3, -0.25) is 9.55 Å². The van der Waals surface area contributed by atoms with E-state index in [-0.39, 0.29) is 25.8 Å². The topological polar surface area (TPSA) is 110 Å². The molecular formula is C25H25N5O5. The summed E-state index contributed by atoms with van der Waals surface area (Å²) < 4.78 is 18.5. The van der Waals surface area contributed by atoms with Gasteiger partial charge >= 0.3 is 11.4 Å². The van der Waals surface area contributed by atoms with Crippen LogP contribution < -0.4 is 30.9 Å². The summed E-state index contributed by atoms with van der Waals surface area (Å²) in [5.41, 5.74) is 0.435. The molecule has 10 nitrogen and oxygen atoms in total. The van der Waals surface area contributed by atoms with Crippen molar-refractivity contribution in [3.05, 3.63) is 105 Å². The van der Waals surface area contributed by atoms with E-state index >= 15 is 0 Å². The molecule has 0 radical (unpaired) electrons. The Morgan fingerprint density at radius 2 is 1.40 bits per heavy atom. The van der Waals surface area contributed by atoms with Crippen molar-refractivity contribution in [3.63, 3.8) is 0 Å². The van der Waals surface area contributed by atoms with E-state index in [1.807, 2.05) is 12.1 Å². The normalized spacial score (nSPS) is 10.6. The Balaban J connectivity index is 1.65. The predicted octanol–water partition coefficient (Wildman–Crippen LogP) is 2.36. The maximum Gasteiger partial charge on any atom is 0.355 e. The molecule has 35 heavy (non-hydrogen) atoms. The van der Waals surface area contributed by atoms with Gasteiger partial charge in [0.2, 0.25) is 5.95 Å². The first kappa shape index (κ1) is 23.6. The van der Waals surface area contributed by atoms with Gasteiger partial charge in [-0.15, -0.1) is 0 Å². The molecule has 0 amide bonds. The van der Waals surface area contributed by atoms with Crippen molar-refractivity contribution in [2.75, 3.05) is 26.3 Å². The fourth-order valence-corrected chi connectivity index (χ4v) is 3.39. The van der Waals surface area contributed by atoms with Gasteiger partial charge in [0.1, 0.15) is 17.2 Å². The number of benzene rings is 2. The molecule has 0 aliphatic carbocycles. The molecule has 2 heterocycles. The van der Waals surface area contributed by atoms with Crippen molar-refractivity contribution < 1.29 is 14.2 Å². The average molecular weight is 476 g/mol. The van der Waals surface area contributed by atoms with Crippen LogP contribution in [0.1, 0.15) is 11.1 Å². The predicted molar refractivity (Wildman–Crippen MR) is 130 cm³/mol. The summed E-state index contributed by atoms with van der Waals surface area (Å²) in [5, 5.41) is 2.94. The van der Waals surface area contributed by atoms with Gasteiger partial charge in [-0.05, 0) is 47.5 Å². The quantitative estimate of drug-likeness (QED) is 0.348. The fourth-order valence-electron chi connectivity index (χ4n) is 3.39. The summed E-state index contributed by atoms with van der Waals surface area (Å²) >= 11 is 0. The van der Waals surface area contributed by atoms with Gasteiger partial charge in [-0.25, -0.2) is 14.2 Å². The van der Waals surface area contributed by atoms with Gasteiger partial charge in [0.15, 0.2) is 6.73 Å². The van der Waals surface area contributed by atoms with Crippen LogP contribution in [0.3, 0.4) is 0 Å². The summed E-state index contributed by atoms with van der Waals surface area (Å²) in [6.07, 6.45) is 3.20. The van der Waals surface area contributed by atoms with Crippen molar-refractivity contribution in [1.29, 1.82) is 0 Å². The fraction of sp³-hybridized carbons (Fsp3) is 0.200. The molecule has 4 rings (SSSR count). The minimum Gasteiger partial charge on any atom is -0.497 e. The monoisotopic (exact) mass is 475 g/mol. The third-order valence-corrected chi connectivity index (χ3v) is 5.25. The van der Waals surface area contributed by atoms with Gasteiger partial charge in [0.25, 0.3) is 0 Å². The Morgan fingerprint density at radius 3 is 1.94 bits per heavy atom. The largest absolute Gasteiger partial charge is 0.497 e. The number of hydrogen-bond acceptors (Lipinski definition) is 8. The maximum atomic E-state index is 13.4. The Bertz CT molecular complexity index is 1370. The Morgan fingerprint density at radius 1 is 0.800 bits per heavy atom. The molecule has 0 saturated carbocycles. The molecule has 0 aliphatic heterocycles. The second-order valence-electron chi connectivity index (χ2n) is 7.52. The van der Waals surface area contributed by atoms with Gasteiger partial charge in [0.05, 0.1) is 33.5 Å². The lowest BCUT2D eigenvalue weighted by atomic mass is 10.2. The summed E-state index contributed by atoms with van der Waals surface area (Å²) in [6.45, 7) is 0.250. The lowest BCUT2D eigenvalue weighted by molar-refractivity contribution is 0.342. The number of nitrogens with one attached hydrogen (secondary N) is 1. The van der Waals surface area contributed by atoms with Crippen LogP contribution in [0.25, 0.3) is 0 Å². The first-order valence-corrected chi connectivity index (χ1v) is 10.8. The zero-order valence-corrected chi connectivity index (χ0v) is 19.4. The van der Waals surface area contributed by atoms with Crippen LogP contribution in [0.4, 0.5) is 5.95 Å². The third-order valence-electron chi connectivity index (χ3n) is 5.25. The highest BCUT2D eigenvalue weighted by Crippen LogP contribution is 2.14. The molecular weight excluding hydrogens is 450 g/mol. The van der Waals surface area contributed by atoms with Gasteiger partial charge < -0.3 is 19.5 Å². The van der Waals surface area contributed by atoms with E-state index in [1.165, 1.54) is 4.57 Å². The molecule has 0 saturated heterocycles. The van der Waals surface area contributed by atoms with Gasteiger partial charge in [0, 0.05) is 6.20 Å². The number of ether oxygens (including phenoxy) is 3. The van der Waals surface area contributed by atoms with Crippen molar-refractivity contribution in [1.82, 2.24) is 19.1 Å². The number of nitrogens with zero attached hydrogens (tertiary/aromatic N) is 4. The molecule has 0 spiro atoms. The molecule has 0 unspecified atom stereocenters. The van der Waals surface area contributed by atoms with Crippen LogP contribution in [0.2, 0.25) is 0 Å². The highest BCUT2D eigenvalue weighted by molar-refractivity contribution is 5.31. The molecule has 10 heteroatoms. The molecule has 4 aromatic rings. The molecule has 0 bridgehead atoms. The number of anilines is 1. The highest BCUT2D eigenvalue weighted by atomic mass is 16.5. The average Bonchev–Trinajstić information content (AvgIpc) is 2.90. The van der Waals surface area contributed by atoms with Gasteiger partial charge in [-0.1, -0.05) is 24.3 Å². The van der Waals surface area contributed by atoms with Gasteiger partial charge in [-0.2, -0.15) is 4.98 Å². The molecule has 0 aliphatic rings. The standard InChI is InChI=1S/C25H25N5O5/c1-33-20-9-5-18(6-10-20)15-29-23(27-17-35-22-4-3-13-26-14-22)28-24(31)30(25(29)32)16-19-7-11-21(34-2)12-8-19/h3-14H,15-17H2,1-2H3,(H,27,28,31). The van der Waals surface area contributed by atoms with Crippen LogP contribution in [0.5, 0.6) is 17.2 Å². The van der Waals surface area contributed by atoms with Crippen LogP contribution in [0, 0.1) is 0 Å². The molecule has 2 aromatic heterocycles. The van der Waals surface area contributed by atoms with E-state index < -0.39 is 11.4 Å². The summed E-state index contributed by atoms with van der Waals surface area (Å²) in [6, 6.07) is 17.9. The van der Waals surface area contributed by atoms with Crippen molar-refractivity contribution in [3.8, 4) is 17.2 Å². The highest BCUT2D eigenvalue weighted by Gasteiger charge is 2.14. The van der Waals surface area contributed by atoms with Crippen LogP contribution in [0.15, 0.2) is 82.6 Å². The zero-order valence-electron chi connectivity index (χ0n) is 19.4. The molecule has 2 aromatic carbocycles. The number of rotatable bonds is 10. The smallest absolute Gasteiger partial charge is 0.355 e. The number of hydrogen-bond donors (Lipinski definition) is 1. The molecule has 1 N–H and O–H groups in total. The van der Waals surface area contributed by atoms with Crippen LogP contribution in [-0.2, 0) is 13.1 Å². The number of aromatic nitrogens is 4. The zero-order chi connectivity index (χ0) is 24.6. The lowest BCUT2D eigenvalue weighted by Crippen LogP contribution is -2.43. The lowest BCUT2D eigenvalue weighted by Gasteiger charge is -2.16. The molecule has 180 valence electrons. The maximum absolute atomic E-state index is 13.4. The third kappa shape index (κ3) is 5.85. The second kappa shape index (κ2) is 11.0. The van der Waals surface area contributed by atoms with Crippen molar-refractivity contribution >= 4 is 5.95 Å². The second-order valence-corrected chi connectivity index (χ2v) is 7.52. The molecule has 0 atom stereocenters. The first-order chi connectivity index (χ1) is 17.1. The Labute approximate surface area is 201 Å². The Kier molecular flexibility index (Phi) is 7.41. The number of pyridine rings is 1. The van der Waals surface area contributed by atoms with E-state index in [1.54, 1.807) is 75.1 Å². The molecule has 0 fully saturated rings. The summed E-state index contributed by atoms with van der Waals surface area (Å²) in [5.74, 6) is 2.03. The van der Waals surface area contributed by atoms with Crippen LogP contribution >= 0.6 is 0 Å². The Hall–Kier alpha value is -4.60. The van der Waals surface area contributed by atoms with Crippen molar-refractivity contribution in [2.24, 2.45) is 0 Å². The first-order valence-electron chi connectivity index (χ1n) is 10.8. The summed E-state index contributed by atoms with van der Waals surface area (Å²) in [7, 11) is 3.16. The number of methoxy groups -OCH3 is 2.